The third-order valence-corrected chi connectivity index (χ3v) is 8.09. The number of benzene rings is 1. The fraction of sp³-hybridized carbons (Fsp3) is 0.167. The first-order valence-electron chi connectivity index (χ1n) is 4.68. The van der Waals surface area contributed by atoms with Crippen molar-refractivity contribution < 1.29 is 0 Å². The van der Waals surface area contributed by atoms with E-state index in [2.05, 4.69) is 120 Å². The van der Waals surface area contributed by atoms with Crippen LogP contribution in [-0.4, -0.2) is 6.26 Å². The van der Waals surface area contributed by atoms with Gasteiger partial charge in [-0.05, 0) is 23.3 Å². The Morgan fingerprint density at radius 1 is 1.25 bits per heavy atom. The van der Waals surface area contributed by atoms with E-state index in [-0.39, 0.29) is 1.43 Å². The summed E-state index contributed by atoms with van der Waals surface area (Å²) in [6.07, 6.45) is 6.49. The minimum absolute atomic E-state index is 0.0606. The molecular formula is C12H8Br2I2. The summed E-state index contributed by atoms with van der Waals surface area (Å²) >= 11 is 12.2. The number of hydrogen-bond donors (Lipinski definition) is 0. The zero-order valence-electron chi connectivity index (χ0n) is 8.13. The molecule has 0 amide bonds. The first-order valence-corrected chi connectivity index (χ1v) is 8.55. The largest absolute Gasteiger partial charge is 0.115 e. The van der Waals surface area contributed by atoms with Gasteiger partial charge in [0.25, 0.3) is 0 Å². The van der Waals surface area contributed by atoms with Crippen molar-refractivity contribution in [1.29, 1.82) is 0 Å². The molecule has 0 aliphatic heterocycles. The van der Waals surface area contributed by atoms with Crippen LogP contribution in [0.15, 0.2) is 47.0 Å². The molecule has 1 unspecified atom stereocenters. The lowest BCUT2D eigenvalue weighted by Gasteiger charge is -2.30. The van der Waals surface area contributed by atoms with Crippen LogP contribution in [0.1, 0.15) is 5.56 Å². The van der Waals surface area contributed by atoms with E-state index in [0.29, 0.717) is 4.83 Å². The van der Waals surface area contributed by atoms with E-state index in [0.717, 1.165) is 4.47 Å². The Morgan fingerprint density at radius 3 is 2.69 bits per heavy atom. The molecule has 1 aromatic carbocycles. The first kappa shape index (κ1) is 13.5. The maximum absolute atomic E-state index is 3.71. The molecule has 84 valence electrons. The summed E-state index contributed by atoms with van der Waals surface area (Å²) in [5.41, 5.74) is 2.62. The van der Waals surface area contributed by atoms with Crippen molar-refractivity contribution in [2.45, 2.75) is 6.26 Å². The molecule has 0 heterocycles. The summed E-state index contributed by atoms with van der Waals surface area (Å²) in [7, 11) is 0. The van der Waals surface area contributed by atoms with Crippen LogP contribution in [-0.2, 0) is 0 Å². The predicted octanol–water partition coefficient (Wildman–Crippen LogP) is 5.73. The Hall–Kier alpha value is 1.12. The lowest BCUT2D eigenvalue weighted by molar-refractivity contribution is 1.12. The molecule has 16 heavy (non-hydrogen) atoms. The molecule has 2 rings (SSSR count). The van der Waals surface area contributed by atoms with Gasteiger partial charge in [0.05, 0.1) is 4.83 Å². The van der Waals surface area contributed by atoms with Gasteiger partial charge in [-0.1, -0.05) is 107 Å². The normalized spacial score (nSPS) is 23.0. The third-order valence-electron chi connectivity index (χ3n) is 2.38. The second-order valence-corrected chi connectivity index (χ2v) is 10.9. The zero-order valence-corrected chi connectivity index (χ0v) is 15.6. The quantitative estimate of drug-likeness (QED) is 0.301. The molecule has 0 saturated heterocycles. The Kier molecular flexibility index (Phi) is 4.57. The SMILES string of the molecule is Brc1cccc(C2=CC=CC(Br)C2(I)I)c1. The Balaban J connectivity index is 2.48. The van der Waals surface area contributed by atoms with Crippen LogP contribution in [0, 0.1) is 0 Å². The van der Waals surface area contributed by atoms with Crippen LogP contribution in [0.4, 0.5) is 0 Å². The van der Waals surface area contributed by atoms with Crippen molar-refractivity contribution >= 4 is 82.6 Å². The second kappa shape index (κ2) is 5.40. The van der Waals surface area contributed by atoms with Crippen LogP contribution in [0.5, 0.6) is 0 Å². The molecule has 0 saturated carbocycles. The van der Waals surface area contributed by atoms with Crippen molar-refractivity contribution in [2.75, 3.05) is 0 Å². The Bertz CT molecular complexity index is 464. The number of halogens is 4. The molecule has 1 aromatic rings. The molecule has 1 atom stereocenters. The van der Waals surface area contributed by atoms with Crippen LogP contribution in [0.2, 0.25) is 0 Å². The summed E-state index contributed by atoms with van der Waals surface area (Å²) in [4.78, 5) is 0.361. The maximum Gasteiger partial charge on any atom is 0.115 e. The van der Waals surface area contributed by atoms with E-state index in [1.807, 2.05) is 0 Å². The van der Waals surface area contributed by atoms with Crippen LogP contribution < -0.4 is 0 Å². The fourth-order valence-electron chi connectivity index (χ4n) is 1.57. The minimum Gasteiger partial charge on any atom is -0.0818 e. The number of rotatable bonds is 1. The predicted molar refractivity (Wildman–Crippen MR) is 94.7 cm³/mol. The van der Waals surface area contributed by atoms with Crippen LogP contribution in [0.3, 0.4) is 0 Å². The molecule has 1 aliphatic rings. The highest BCUT2D eigenvalue weighted by Crippen LogP contribution is 2.49. The van der Waals surface area contributed by atoms with Crippen molar-refractivity contribution in [1.82, 2.24) is 0 Å². The van der Waals surface area contributed by atoms with Crippen molar-refractivity contribution in [3.63, 3.8) is 0 Å². The standard InChI is InChI=1S/C12H8Br2I2/c13-9-4-1-3-8(7-9)10-5-2-6-11(14)12(10,15)16/h1-7,11H. The Morgan fingerprint density at radius 2 is 2.00 bits per heavy atom. The maximum atomic E-state index is 3.71. The molecule has 0 fully saturated rings. The molecule has 0 N–H and O–H groups in total. The van der Waals surface area contributed by atoms with Gasteiger partial charge in [-0.25, -0.2) is 0 Å². The first-order chi connectivity index (χ1) is 7.51. The van der Waals surface area contributed by atoms with E-state index in [1.54, 1.807) is 0 Å². The smallest absolute Gasteiger partial charge is 0.0818 e. The van der Waals surface area contributed by atoms with Gasteiger partial charge < -0.3 is 0 Å². The molecular weight excluding hydrogens is 558 g/mol. The summed E-state index contributed by atoms with van der Waals surface area (Å²) in [6, 6.07) is 8.44. The highest BCUT2D eigenvalue weighted by Gasteiger charge is 2.36. The number of alkyl halides is 3. The average molecular weight is 566 g/mol. The van der Waals surface area contributed by atoms with Crippen molar-refractivity contribution in [3.05, 3.63) is 52.5 Å². The molecule has 0 radical (unpaired) electrons. The van der Waals surface area contributed by atoms with Gasteiger partial charge >= 0.3 is 0 Å². The van der Waals surface area contributed by atoms with Crippen LogP contribution >= 0.6 is 77.0 Å². The molecule has 0 spiro atoms. The van der Waals surface area contributed by atoms with Gasteiger partial charge in [0.1, 0.15) is 1.43 Å². The molecule has 4 heteroatoms. The minimum atomic E-state index is 0.0606. The zero-order chi connectivity index (χ0) is 11.8. The highest BCUT2D eigenvalue weighted by molar-refractivity contribution is 14.2. The van der Waals surface area contributed by atoms with E-state index < -0.39 is 0 Å². The van der Waals surface area contributed by atoms with Gasteiger partial charge in [0, 0.05) is 4.47 Å². The number of allylic oxidation sites excluding steroid dienone is 4. The fourth-order valence-corrected chi connectivity index (χ4v) is 3.79. The van der Waals surface area contributed by atoms with E-state index in [1.165, 1.54) is 11.1 Å². The van der Waals surface area contributed by atoms with Gasteiger partial charge in [0.2, 0.25) is 0 Å². The summed E-state index contributed by atoms with van der Waals surface area (Å²) in [5, 5.41) is 0. The monoisotopic (exact) mass is 564 g/mol. The highest BCUT2D eigenvalue weighted by atomic mass is 127. The molecule has 0 aromatic heterocycles. The van der Waals surface area contributed by atoms with Crippen LogP contribution in [0.25, 0.3) is 5.57 Å². The van der Waals surface area contributed by atoms with Gasteiger partial charge in [0.15, 0.2) is 0 Å². The molecule has 1 aliphatic carbocycles. The van der Waals surface area contributed by atoms with E-state index in [4.69, 9.17) is 0 Å². The lowest BCUT2D eigenvalue weighted by atomic mass is 9.97. The molecule has 0 nitrogen and oxygen atoms in total. The third kappa shape index (κ3) is 2.75. The topological polar surface area (TPSA) is 0 Å². The summed E-state index contributed by atoms with van der Waals surface area (Å²) in [5.74, 6) is 0. The summed E-state index contributed by atoms with van der Waals surface area (Å²) < 4.78 is 1.18. The number of hydrogen-bond acceptors (Lipinski definition) is 0. The second-order valence-electron chi connectivity index (χ2n) is 3.50. The van der Waals surface area contributed by atoms with E-state index >= 15 is 0 Å². The lowest BCUT2D eigenvalue weighted by Crippen LogP contribution is -2.26. The van der Waals surface area contributed by atoms with Gasteiger partial charge in [-0.2, -0.15) is 0 Å². The van der Waals surface area contributed by atoms with Crippen molar-refractivity contribution in [3.8, 4) is 0 Å². The van der Waals surface area contributed by atoms with E-state index in [9.17, 15) is 0 Å². The molecule has 0 bridgehead atoms. The average Bonchev–Trinajstić information content (AvgIpc) is 2.22. The van der Waals surface area contributed by atoms with Gasteiger partial charge in [-0.15, -0.1) is 0 Å². The van der Waals surface area contributed by atoms with Gasteiger partial charge in [-0.3, -0.25) is 0 Å². The van der Waals surface area contributed by atoms with Crippen molar-refractivity contribution in [2.24, 2.45) is 0 Å². The summed E-state index contributed by atoms with van der Waals surface area (Å²) in [6.45, 7) is 0. The Labute approximate surface area is 139 Å².